The molecule has 1 heterocycles. The Kier molecular flexibility index (Phi) is 8.53. The van der Waals surface area contributed by atoms with Gasteiger partial charge in [0, 0.05) is 27.8 Å². The number of hydrogen-bond donors (Lipinski definition) is 0. The maximum Gasteiger partial charge on any atom is 0.136 e. The van der Waals surface area contributed by atoms with Gasteiger partial charge in [0.2, 0.25) is 0 Å². The molecule has 1 aromatic heterocycles. The molecular weight excluding hydrogens is 751 g/mol. The summed E-state index contributed by atoms with van der Waals surface area (Å²) in [6.07, 6.45) is 0. The second kappa shape index (κ2) is 14.8. The molecule has 0 aliphatic carbocycles. The Morgan fingerprint density at radius 1 is 0.258 bits per heavy atom. The molecule has 0 aliphatic rings. The first-order chi connectivity index (χ1) is 30.7. The fraction of sp³-hybridized carbons (Fsp3) is 0. The van der Waals surface area contributed by atoms with Crippen LogP contribution in [0.15, 0.2) is 241 Å². The van der Waals surface area contributed by atoms with Crippen LogP contribution in [0.1, 0.15) is 0 Å². The Morgan fingerprint density at radius 2 is 0.758 bits per heavy atom. The summed E-state index contributed by atoms with van der Waals surface area (Å²) in [7, 11) is 0. The zero-order valence-corrected chi connectivity index (χ0v) is 33.9. The van der Waals surface area contributed by atoms with Crippen LogP contribution in [0.2, 0.25) is 0 Å². The van der Waals surface area contributed by atoms with E-state index in [1.807, 2.05) is 12.1 Å². The van der Waals surface area contributed by atoms with E-state index in [4.69, 9.17) is 4.42 Å². The van der Waals surface area contributed by atoms with Gasteiger partial charge in [-0.25, -0.2) is 0 Å². The summed E-state index contributed by atoms with van der Waals surface area (Å²) in [4.78, 5) is 2.38. The SMILES string of the molecule is c1cc(-c2cccc3ccccc23)cc(N(c2ccc(-c3ccc(-c4cccc5c4ccc4ccccc45)cc3)cc2)c2cccc(-c3cccc4oc5ccccc5c34)c2)c1. The van der Waals surface area contributed by atoms with Crippen molar-refractivity contribution in [3.05, 3.63) is 237 Å². The van der Waals surface area contributed by atoms with E-state index < -0.39 is 0 Å². The summed E-state index contributed by atoms with van der Waals surface area (Å²) in [5.74, 6) is 0. The smallest absolute Gasteiger partial charge is 0.136 e. The number of nitrogens with zero attached hydrogens (tertiary/aromatic N) is 1. The van der Waals surface area contributed by atoms with E-state index in [1.54, 1.807) is 0 Å². The second-order valence-electron chi connectivity index (χ2n) is 16.1. The lowest BCUT2D eigenvalue weighted by atomic mass is 9.93. The zero-order valence-electron chi connectivity index (χ0n) is 33.9. The number of fused-ring (bicyclic) bond motifs is 7. The minimum Gasteiger partial charge on any atom is -0.456 e. The third kappa shape index (κ3) is 6.12. The lowest BCUT2D eigenvalue weighted by Gasteiger charge is -2.27. The zero-order chi connectivity index (χ0) is 41.0. The van der Waals surface area contributed by atoms with Crippen LogP contribution >= 0.6 is 0 Å². The van der Waals surface area contributed by atoms with Crippen LogP contribution in [-0.4, -0.2) is 0 Å². The minimum atomic E-state index is 0.892. The Labute approximate surface area is 360 Å². The lowest BCUT2D eigenvalue weighted by molar-refractivity contribution is 0.669. The summed E-state index contributed by atoms with van der Waals surface area (Å²) >= 11 is 0. The fourth-order valence-electron chi connectivity index (χ4n) is 9.50. The number of rotatable bonds is 7. The van der Waals surface area contributed by atoms with Gasteiger partial charge in [-0.3, -0.25) is 0 Å². The van der Waals surface area contributed by atoms with Crippen molar-refractivity contribution in [1.29, 1.82) is 0 Å². The van der Waals surface area contributed by atoms with Crippen LogP contribution < -0.4 is 4.90 Å². The molecule has 11 aromatic carbocycles. The highest BCUT2D eigenvalue weighted by Gasteiger charge is 2.18. The van der Waals surface area contributed by atoms with E-state index in [0.717, 1.165) is 50.1 Å². The predicted octanol–water partition coefficient (Wildman–Crippen LogP) is 17.2. The highest BCUT2D eigenvalue weighted by molar-refractivity contribution is 6.13. The van der Waals surface area contributed by atoms with Gasteiger partial charge in [-0.1, -0.05) is 188 Å². The van der Waals surface area contributed by atoms with E-state index in [2.05, 4.69) is 229 Å². The molecule has 12 rings (SSSR count). The van der Waals surface area contributed by atoms with E-state index in [9.17, 15) is 0 Å². The molecule has 2 heteroatoms. The molecule has 0 radical (unpaired) electrons. The first-order valence-electron chi connectivity index (χ1n) is 21.2. The monoisotopic (exact) mass is 789 g/mol. The predicted molar refractivity (Wildman–Crippen MR) is 263 cm³/mol. The fourth-order valence-corrected chi connectivity index (χ4v) is 9.50. The van der Waals surface area contributed by atoms with Gasteiger partial charge in [0.15, 0.2) is 0 Å². The average molecular weight is 790 g/mol. The second-order valence-corrected chi connectivity index (χ2v) is 16.1. The normalized spacial score (nSPS) is 11.5. The summed E-state index contributed by atoms with van der Waals surface area (Å²) < 4.78 is 6.31. The standard InChI is InChI=1S/C60H39NO/c1-3-19-50-42(12-1)14-9-22-53(50)45-15-7-17-48(38-45)61(49-18-8-16-46(39-49)54-24-11-27-59-60(54)57-21-5-6-26-58(57)62-59)47-35-32-41(33-36-47)40-28-30-44(31-29-40)52-23-10-25-55-51-20-4-2-13-43(51)34-37-56(52)55/h1-39H. The third-order valence-electron chi connectivity index (χ3n) is 12.5. The van der Waals surface area contributed by atoms with Crippen LogP contribution in [0.3, 0.4) is 0 Å². The molecule has 0 saturated carbocycles. The third-order valence-corrected chi connectivity index (χ3v) is 12.5. The summed E-state index contributed by atoms with van der Waals surface area (Å²) in [6, 6.07) is 85.5. The summed E-state index contributed by atoms with van der Waals surface area (Å²) in [6.45, 7) is 0. The molecule has 0 unspecified atom stereocenters. The van der Waals surface area contributed by atoms with E-state index in [1.165, 1.54) is 65.7 Å². The molecule has 0 spiro atoms. The lowest BCUT2D eigenvalue weighted by Crippen LogP contribution is -2.10. The first-order valence-corrected chi connectivity index (χ1v) is 21.2. The van der Waals surface area contributed by atoms with Crippen molar-refractivity contribution in [2.24, 2.45) is 0 Å². The van der Waals surface area contributed by atoms with Crippen molar-refractivity contribution in [3.8, 4) is 44.5 Å². The number of anilines is 3. The first kappa shape index (κ1) is 35.7. The highest BCUT2D eigenvalue weighted by Crippen LogP contribution is 2.43. The molecule has 2 nitrogen and oxygen atoms in total. The van der Waals surface area contributed by atoms with Crippen LogP contribution in [0.25, 0.3) is 98.8 Å². The van der Waals surface area contributed by atoms with Gasteiger partial charge < -0.3 is 9.32 Å². The molecule has 290 valence electrons. The Hall–Kier alpha value is -8.20. The van der Waals surface area contributed by atoms with Crippen molar-refractivity contribution < 1.29 is 4.42 Å². The van der Waals surface area contributed by atoms with Crippen molar-refractivity contribution in [2.45, 2.75) is 0 Å². The van der Waals surface area contributed by atoms with Crippen LogP contribution in [0, 0.1) is 0 Å². The molecule has 62 heavy (non-hydrogen) atoms. The topological polar surface area (TPSA) is 16.4 Å². The molecule has 0 saturated heterocycles. The van der Waals surface area contributed by atoms with E-state index in [0.29, 0.717) is 0 Å². The van der Waals surface area contributed by atoms with Crippen LogP contribution in [-0.2, 0) is 0 Å². The molecule has 0 atom stereocenters. The number of hydrogen-bond acceptors (Lipinski definition) is 2. The highest BCUT2D eigenvalue weighted by atomic mass is 16.3. The Balaban J connectivity index is 0.946. The van der Waals surface area contributed by atoms with Crippen LogP contribution in [0.5, 0.6) is 0 Å². The quantitative estimate of drug-likeness (QED) is 0.150. The molecule has 0 fully saturated rings. The van der Waals surface area contributed by atoms with Crippen LogP contribution in [0.4, 0.5) is 17.1 Å². The summed E-state index contributed by atoms with van der Waals surface area (Å²) in [5, 5.41) is 9.83. The molecule has 0 aliphatic heterocycles. The van der Waals surface area contributed by atoms with Gasteiger partial charge in [0.05, 0.1) is 0 Å². The maximum absolute atomic E-state index is 6.31. The number of para-hydroxylation sites is 1. The van der Waals surface area contributed by atoms with Crippen molar-refractivity contribution in [2.75, 3.05) is 4.90 Å². The molecule has 0 N–H and O–H groups in total. The summed E-state index contributed by atoms with van der Waals surface area (Å²) in [5.41, 5.74) is 14.5. The Morgan fingerprint density at radius 3 is 1.52 bits per heavy atom. The van der Waals surface area contributed by atoms with Gasteiger partial charge in [-0.05, 0) is 125 Å². The van der Waals surface area contributed by atoms with Gasteiger partial charge in [0.25, 0.3) is 0 Å². The number of benzene rings is 11. The van der Waals surface area contributed by atoms with Gasteiger partial charge in [0.1, 0.15) is 11.2 Å². The van der Waals surface area contributed by atoms with Gasteiger partial charge in [-0.15, -0.1) is 0 Å². The van der Waals surface area contributed by atoms with E-state index in [-0.39, 0.29) is 0 Å². The molecule has 0 amide bonds. The van der Waals surface area contributed by atoms with E-state index >= 15 is 0 Å². The van der Waals surface area contributed by atoms with Crippen molar-refractivity contribution in [1.82, 2.24) is 0 Å². The van der Waals surface area contributed by atoms with Gasteiger partial charge >= 0.3 is 0 Å². The Bertz CT molecular complexity index is 3630. The maximum atomic E-state index is 6.31. The van der Waals surface area contributed by atoms with Gasteiger partial charge in [-0.2, -0.15) is 0 Å². The largest absolute Gasteiger partial charge is 0.456 e. The molecule has 0 bridgehead atoms. The average Bonchev–Trinajstić information content (AvgIpc) is 3.73. The van der Waals surface area contributed by atoms with Crippen molar-refractivity contribution >= 4 is 71.3 Å². The minimum absolute atomic E-state index is 0.892. The molecular formula is C60H39NO. The van der Waals surface area contributed by atoms with Crippen molar-refractivity contribution in [3.63, 3.8) is 0 Å². The molecule has 12 aromatic rings. The number of furan rings is 1.